The summed E-state index contributed by atoms with van der Waals surface area (Å²) in [4.78, 5) is 42.2. The molecule has 0 amide bonds. The topological polar surface area (TPSA) is 183 Å². The van der Waals surface area contributed by atoms with Crippen LogP contribution in [0.3, 0.4) is 0 Å². The SMILES string of the molecule is CC[C@]1(O)C[C@@H](O[C@H]2C[C@H](N(C)C)[C@H](O)[C@H](C)O2)c2c(cc3c(c2O)C(=O)c2c(O)ccc(O)c2C3=O)[C@H]1C(=O)OC. The molecular formula is C30H35NO11. The molecule has 3 aliphatic rings. The maximum Gasteiger partial charge on any atom is 0.316 e. The van der Waals surface area contributed by atoms with E-state index < -0.39 is 87.6 Å². The van der Waals surface area contributed by atoms with Crippen molar-refractivity contribution in [2.75, 3.05) is 21.2 Å². The van der Waals surface area contributed by atoms with Gasteiger partial charge in [-0.25, -0.2) is 0 Å². The van der Waals surface area contributed by atoms with Gasteiger partial charge in [0.1, 0.15) is 23.2 Å². The molecule has 12 nitrogen and oxygen atoms in total. The molecule has 0 radical (unpaired) electrons. The molecule has 5 N–H and O–H groups in total. The van der Waals surface area contributed by atoms with E-state index in [2.05, 4.69) is 0 Å². The number of rotatable bonds is 5. The molecule has 7 atom stereocenters. The van der Waals surface area contributed by atoms with E-state index in [0.717, 1.165) is 19.2 Å². The van der Waals surface area contributed by atoms with Crippen molar-refractivity contribution in [2.45, 2.75) is 75.3 Å². The standard InChI is InChI=1S/C30H35NO11/c1-6-30(39)11-18(42-19-10-15(31(3)4)25(34)12(2)41-19)20-13(24(30)29(38)40-5)9-14-21(27(20)36)28(37)23-17(33)8-7-16(32)22(23)26(14)35/h7-9,12,15,18-19,24-25,32-34,36,39H,6,10-11H2,1-5H3/t12-,15-,18+,19-,24-,25+,30-/m0/s1. The number of hydrogen-bond donors (Lipinski definition) is 5. The Morgan fingerprint density at radius 3 is 2.29 bits per heavy atom. The fourth-order valence-electron chi connectivity index (χ4n) is 6.56. The van der Waals surface area contributed by atoms with Crippen LogP contribution in [-0.4, -0.2) is 99.3 Å². The fraction of sp³-hybridized carbons (Fsp3) is 0.500. The van der Waals surface area contributed by atoms with Crippen molar-refractivity contribution in [3.63, 3.8) is 0 Å². The second kappa shape index (κ2) is 10.6. The number of ether oxygens (including phenoxy) is 3. The summed E-state index contributed by atoms with van der Waals surface area (Å²) >= 11 is 0. The number of nitrogens with zero attached hydrogens (tertiary/aromatic N) is 1. The maximum atomic E-state index is 13.7. The Balaban J connectivity index is 1.70. The highest BCUT2D eigenvalue weighted by Gasteiger charge is 2.53. The molecule has 1 aliphatic heterocycles. The number of phenols is 3. The molecule has 12 heteroatoms. The summed E-state index contributed by atoms with van der Waals surface area (Å²) in [6, 6.07) is 3.05. The average molecular weight is 586 g/mol. The van der Waals surface area contributed by atoms with E-state index in [9.17, 15) is 39.9 Å². The van der Waals surface area contributed by atoms with E-state index in [1.165, 1.54) is 6.07 Å². The number of aliphatic hydroxyl groups excluding tert-OH is 1. The van der Waals surface area contributed by atoms with Crippen molar-refractivity contribution in [3.05, 3.63) is 51.6 Å². The van der Waals surface area contributed by atoms with Crippen molar-refractivity contribution in [1.29, 1.82) is 0 Å². The molecule has 0 unspecified atom stereocenters. The van der Waals surface area contributed by atoms with Gasteiger partial charge in [-0.15, -0.1) is 0 Å². The highest BCUT2D eigenvalue weighted by Crippen LogP contribution is 2.54. The smallest absolute Gasteiger partial charge is 0.316 e. The number of fused-ring (bicyclic) bond motifs is 3. The summed E-state index contributed by atoms with van der Waals surface area (Å²) in [5.41, 5.74) is -3.36. The number of esters is 1. The Kier molecular flexibility index (Phi) is 7.57. The lowest BCUT2D eigenvalue weighted by atomic mass is 9.67. The van der Waals surface area contributed by atoms with Gasteiger partial charge in [0.05, 0.1) is 47.7 Å². The van der Waals surface area contributed by atoms with Gasteiger partial charge >= 0.3 is 5.97 Å². The van der Waals surface area contributed by atoms with Crippen molar-refractivity contribution in [2.24, 2.45) is 0 Å². The minimum Gasteiger partial charge on any atom is -0.507 e. The fourth-order valence-corrected chi connectivity index (χ4v) is 6.56. The van der Waals surface area contributed by atoms with E-state index in [4.69, 9.17) is 14.2 Å². The molecule has 42 heavy (non-hydrogen) atoms. The molecule has 2 aliphatic carbocycles. The molecule has 1 fully saturated rings. The lowest BCUT2D eigenvalue weighted by Gasteiger charge is -2.46. The predicted octanol–water partition coefficient (Wildman–Crippen LogP) is 1.86. The monoisotopic (exact) mass is 585 g/mol. The van der Waals surface area contributed by atoms with Gasteiger partial charge in [0.25, 0.3) is 0 Å². The van der Waals surface area contributed by atoms with Crippen LogP contribution in [-0.2, 0) is 19.0 Å². The van der Waals surface area contributed by atoms with Gasteiger partial charge in [-0.05, 0) is 51.2 Å². The van der Waals surface area contributed by atoms with Crippen LogP contribution in [0.25, 0.3) is 0 Å². The van der Waals surface area contributed by atoms with Gasteiger partial charge in [0.15, 0.2) is 12.1 Å². The number of aromatic hydroxyl groups is 3. The van der Waals surface area contributed by atoms with Gasteiger partial charge < -0.3 is 44.6 Å². The summed E-state index contributed by atoms with van der Waals surface area (Å²) in [5, 5.41) is 54.9. The zero-order valence-electron chi connectivity index (χ0n) is 24.0. The number of benzene rings is 2. The van der Waals surface area contributed by atoms with E-state index in [-0.39, 0.29) is 42.0 Å². The largest absolute Gasteiger partial charge is 0.507 e. The summed E-state index contributed by atoms with van der Waals surface area (Å²) in [6.07, 6.45) is -3.34. The molecule has 5 rings (SSSR count). The number of methoxy groups -OCH3 is 1. The molecule has 226 valence electrons. The van der Waals surface area contributed by atoms with Crippen LogP contribution in [0.2, 0.25) is 0 Å². The second-order valence-corrected chi connectivity index (χ2v) is 11.4. The van der Waals surface area contributed by atoms with Crippen LogP contribution >= 0.6 is 0 Å². The maximum absolute atomic E-state index is 13.7. The van der Waals surface area contributed by atoms with Crippen LogP contribution in [0, 0.1) is 0 Å². The Labute approximate surface area is 242 Å². The number of carbonyl (C=O) groups excluding carboxylic acids is 3. The zero-order chi connectivity index (χ0) is 30.8. The van der Waals surface area contributed by atoms with Crippen LogP contribution in [0.1, 0.15) is 88.1 Å². The minimum absolute atomic E-state index is 0.00436. The van der Waals surface area contributed by atoms with Gasteiger partial charge in [-0.2, -0.15) is 0 Å². The molecule has 0 bridgehead atoms. The first kappa shape index (κ1) is 29.9. The molecule has 0 aromatic heterocycles. The van der Waals surface area contributed by atoms with E-state index in [1.54, 1.807) is 13.8 Å². The summed E-state index contributed by atoms with van der Waals surface area (Å²) in [6.45, 7) is 3.36. The Morgan fingerprint density at radius 2 is 1.71 bits per heavy atom. The molecule has 2 aromatic rings. The summed E-state index contributed by atoms with van der Waals surface area (Å²) in [7, 11) is 4.76. The number of ketones is 2. The van der Waals surface area contributed by atoms with Crippen molar-refractivity contribution in [3.8, 4) is 17.2 Å². The van der Waals surface area contributed by atoms with Gasteiger partial charge in [0, 0.05) is 30.0 Å². The lowest BCUT2D eigenvalue weighted by Crippen LogP contribution is -2.54. The van der Waals surface area contributed by atoms with Crippen LogP contribution in [0.4, 0.5) is 0 Å². The second-order valence-electron chi connectivity index (χ2n) is 11.4. The third-order valence-electron chi connectivity index (χ3n) is 8.87. The van der Waals surface area contributed by atoms with Crippen molar-refractivity contribution >= 4 is 17.5 Å². The lowest BCUT2D eigenvalue weighted by molar-refractivity contribution is -0.258. The van der Waals surface area contributed by atoms with Gasteiger partial charge in [-0.1, -0.05) is 6.92 Å². The average Bonchev–Trinajstić information content (AvgIpc) is 2.93. The minimum atomic E-state index is -1.74. The first-order valence-corrected chi connectivity index (χ1v) is 13.7. The normalized spacial score (nSPS) is 30.5. The highest BCUT2D eigenvalue weighted by molar-refractivity contribution is 6.31. The third kappa shape index (κ3) is 4.45. The predicted molar refractivity (Wildman–Crippen MR) is 146 cm³/mol. The highest BCUT2D eigenvalue weighted by atomic mass is 16.7. The third-order valence-corrected chi connectivity index (χ3v) is 8.87. The number of carbonyl (C=O) groups is 3. The van der Waals surface area contributed by atoms with E-state index >= 15 is 0 Å². The van der Waals surface area contributed by atoms with E-state index in [1.807, 2.05) is 19.0 Å². The number of likely N-dealkylation sites (N-methyl/N-ethyl adjacent to an activating group) is 1. The Morgan fingerprint density at radius 1 is 1.10 bits per heavy atom. The summed E-state index contributed by atoms with van der Waals surface area (Å²) < 4.78 is 17.3. The summed E-state index contributed by atoms with van der Waals surface area (Å²) in [5.74, 6) is -5.69. The number of hydrogen-bond acceptors (Lipinski definition) is 12. The molecule has 0 spiro atoms. The van der Waals surface area contributed by atoms with Crippen molar-refractivity contribution in [1.82, 2.24) is 4.90 Å². The van der Waals surface area contributed by atoms with Crippen LogP contribution in [0.15, 0.2) is 18.2 Å². The first-order valence-electron chi connectivity index (χ1n) is 13.7. The molecular weight excluding hydrogens is 550 g/mol. The van der Waals surface area contributed by atoms with Gasteiger partial charge in [0.2, 0.25) is 5.78 Å². The Bertz CT molecular complexity index is 1470. The van der Waals surface area contributed by atoms with Crippen LogP contribution < -0.4 is 0 Å². The first-order chi connectivity index (χ1) is 19.7. The number of phenolic OH excluding ortho intramolecular Hbond substituents is 3. The van der Waals surface area contributed by atoms with Crippen LogP contribution in [0.5, 0.6) is 17.2 Å². The number of aliphatic hydroxyl groups is 2. The van der Waals surface area contributed by atoms with Crippen molar-refractivity contribution < 1.29 is 54.1 Å². The molecule has 1 heterocycles. The molecule has 2 aromatic carbocycles. The van der Waals surface area contributed by atoms with E-state index in [0.29, 0.717) is 0 Å². The van der Waals surface area contributed by atoms with Gasteiger partial charge in [-0.3, -0.25) is 14.4 Å². The molecule has 1 saturated heterocycles. The zero-order valence-corrected chi connectivity index (χ0v) is 24.0. The molecule has 0 saturated carbocycles. The Hall–Kier alpha value is -3.55. The quantitative estimate of drug-likeness (QED) is 0.217.